The zero-order valence-electron chi connectivity index (χ0n) is 11.4. The summed E-state index contributed by atoms with van der Waals surface area (Å²) in [5, 5.41) is 57.1. The maximum absolute atomic E-state index is 10.5. The molecule has 0 aromatic rings. The number of rotatable bonds is 8. The Morgan fingerprint density at radius 3 is 2.27 bits per heavy atom. The predicted molar refractivity (Wildman–Crippen MR) is 71.9 cm³/mol. The molecule has 22 heavy (non-hydrogen) atoms. The standard InChI is InChI=1S/C10H20O10SSe/c11-1-5(13)10-9(16)7(15)4-22(10)3-6(14)8(2-12)20-21(17,18)19/h5-16H,1-4H2/t5-,6-,7-,8+,9+,10-,22?/m0/s1. The molecular weight excluding hydrogens is 391 g/mol. The monoisotopic (exact) mass is 412 g/mol. The van der Waals surface area contributed by atoms with Crippen LogP contribution in [0.5, 0.6) is 0 Å². The Balaban J connectivity index is 2.77. The number of aliphatic hydroxyl groups excluding tert-OH is 6. The molecule has 1 unspecified atom stereocenters. The van der Waals surface area contributed by atoms with Crippen molar-refractivity contribution in [2.45, 2.75) is 46.0 Å². The van der Waals surface area contributed by atoms with Gasteiger partial charge in [0.2, 0.25) is 0 Å². The van der Waals surface area contributed by atoms with Crippen LogP contribution in [0.1, 0.15) is 0 Å². The third-order valence-corrected chi connectivity index (χ3v) is 9.87. The molecule has 6 N–H and O–H groups in total. The topological polar surface area (TPSA) is 188 Å². The summed E-state index contributed by atoms with van der Waals surface area (Å²) in [4.78, 5) is -0.821. The molecule has 0 saturated carbocycles. The fourth-order valence-electron chi connectivity index (χ4n) is 2.27. The quantitative estimate of drug-likeness (QED) is 0.131. The van der Waals surface area contributed by atoms with Crippen LogP contribution in [-0.4, -0.2) is 101 Å². The Morgan fingerprint density at radius 2 is 1.82 bits per heavy atom. The SMILES string of the molecule is O=S(=O)([O-])O[C@H](CO)[C@@H](O)C[Se+]1C[C@H](O)[C@@H](O)[C@@H]1[C@@H](O)CO. The van der Waals surface area contributed by atoms with Gasteiger partial charge in [0.15, 0.2) is 0 Å². The van der Waals surface area contributed by atoms with Gasteiger partial charge in [-0.25, -0.2) is 0 Å². The first-order valence-corrected chi connectivity index (χ1v) is 11.1. The van der Waals surface area contributed by atoms with Crippen LogP contribution in [0.2, 0.25) is 15.5 Å². The van der Waals surface area contributed by atoms with Gasteiger partial charge in [-0.1, -0.05) is 0 Å². The van der Waals surface area contributed by atoms with Gasteiger partial charge in [-0.3, -0.25) is 0 Å². The molecule has 0 bridgehead atoms. The van der Waals surface area contributed by atoms with E-state index in [1.54, 1.807) is 0 Å². The second-order valence-electron chi connectivity index (χ2n) is 4.94. The second-order valence-corrected chi connectivity index (χ2v) is 10.7. The van der Waals surface area contributed by atoms with Gasteiger partial charge in [-0.2, -0.15) is 0 Å². The van der Waals surface area contributed by atoms with E-state index in [1.165, 1.54) is 0 Å². The third-order valence-electron chi connectivity index (χ3n) is 3.30. The van der Waals surface area contributed by atoms with Crippen LogP contribution in [0.4, 0.5) is 0 Å². The van der Waals surface area contributed by atoms with E-state index in [0.717, 1.165) is 0 Å². The van der Waals surface area contributed by atoms with Crippen LogP contribution in [0.25, 0.3) is 0 Å². The fourth-order valence-corrected chi connectivity index (χ4v) is 9.01. The maximum atomic E-state index is 10.5. The Labute approximate surface area is 131 Å². The summed E-state index contributed by atoms with van der Waals surface area (Å²) < 4.78 is 35.6. The molecule has 1 aliphatic rings. The van der Waals surface area contributed by atoms with Crippen molar-refractivity contribution in [2.24, 2.45) is 0 Å². The Morgan fingerprint density at radius 1 is 1.23 bits per heavy atom. The molecule has 12 heteroatoms. The zero-order chi connectivity index (χ0) is 17.1. The summed E-state index contributed by atoms with van der Waals surface area (Å²) in [6.45, 7) is -1.56. The second kappa shape index (κ2) is 8.31. The summed E-state index contributed by atoms with van der Waals surface area (Å²) in [5.41, 5.74) is 0. The van der Waals surface area contributed by atoms with Gasteiger partial charge in [0.1, 0.15) is 0 Å². The van der Waals surface area contributed by atoms with Crippen LogP contribution < -0.4 is 0 Å². The molecule has 1 heterocycles. The van der Waals surface area contributed by atoms with Crippen LogP contribution in [0, 0.1) is 0 Å². The molecule has 1 fully saturated rings. The number of hydrogen-bond donors (Lipinski definition) is 6. The first-order chi connectivity index (χ1) is 10.1. The normalized spacial score (nSPS) is 33.6. The van der Waals surface area contributed by atoms with E-state index in [0.29, 0.717) is 0 Å². The number of aliphatic hydroxyl groups is 6. The van der Waals surface area contributed by atoms with Crippen molar-refractivity contribution in [1.82, 2.24) is 0 Å². The first kappa shape index (κ1) is 20.2. The number of hydrogen-bond acceptors (Lipinski definition) is 10. The van der Waals surface area contributed by atoms with Gasteiger partial charge in [-0.15, -0.1) is 0 Å². The molecule has 0 aromatic carbocycles. The van der Waals surface area contributed by atoms with E-state index in [2.05, 4.69) is 4.18 Å². The molecular formula is C10H20O10SSe. The van der Waals surface area contributed by atoms with Gasteiger partial charge in [0.05, 0.1) is 0 Å². The summed E-state index contributed by atoms with van der Waals surface area (Å²) in [6.07, 6.45) is -6.87. The predicted octanol–water partition coefficient (Wildman–Crippen LogP) is -3.86. The molecule has 0 spiro atoms. The molecule has 132 valence electrons. The third kappa shape index (κ3) is 5.35. The summed E-state index contributed by atoms with van der Waals surface area (Å²) in [6, 6.07) is 0. The molecule has 0 aliphatic carbocycles. The van der Waals surface area contributed by atoms with E-state index < -0.39 is 72.8 Å². The molecule has 0 aromatic heterocycles. The summed E-state index contributed by atoms with van der Waals surface area (Å²) >= 11 is -2.08. The van der Waals surface area contributed by atoms with Crippen LogP contribution >= 0.6 is 0 Å². The average molecular weight is 411 g/mol. The van der Waals surface area contributed by atoms with Crippen molar-refractivity contribution in [2.75, 3.05) is 13.2 Å². The van der Waals surface area contributed by atoms with Crippen LogP contribution in [-0.2, 0) is 14.6 Å². The summed E-state index contributed by atoms with van der Waals surface area (Å²) in [5.74, 6) is 0. The van der Waals surface area contributed by atoms with Crippen molar-refractivity contribution in [1.29, 1.82) is 0 Å². The van der Waals surface area contributed by atoms with Gasteiger partial charge in [0.25, 0.3) is 0 Å². The van der Waals surface area contributed by atoms with Gasteiger partial charge < -0.3 is 0 Å². The Bertz CT molecular complexity index is 445. The van der Waals surface area contributed by atoms with Crippen LogP contribution in [0.3, 0.4) is 0 Å². The molecule has 1 aliphatic heterocycles. The minimum atomic E-state index is -5.11. The van der Waals surface area contributed by atoms with E-state index in [-0.39, 0.29) is 10.6 Å². The molecule has 1 saturated heterocycles. The fraction of sp³-hybridized carbons (Fsp3) is 1.00. The van der Waals surface area contributed by atoms with Crippen LogP contribution in [0.15, 0.2) is 0 Å². The minimum absolute atomic E-state index is 0.113. The van der Waals surface area contributed by atoms with E-state index in [9.17, 15) is 33.4 Å². The molecule has 0 radical (unpaired) electrons. The zero-order valence-corrected chi connectivity index (χ0v) is 14.0. The Kier molecular flexibility index (Phi) is 7.63. The van der Waals surface area contributed by atoms with Crippen molar-refractivity contribution < 1.29 is 47.8 Å². The Hall–Kier alpha value is 0.149. The van der Waals surface area contributed by atoms with Gasteiger partial charge in [0, 0.05) is 0 Å². The van der Waals surface area contributed by atoms with E-state index in [1.807, 2.05) is 0 Å². The van der Waals surface area contributed by atoms with Crippen molar-refractivity contribution >= 4 is 24.3 Å². The molecule has 10 nitrogen and oxygen atoms in total. The molecule has 7 atom stereocenters. The average Bonchev–Trinajstić information content (AvgIpc) is 2.69. The van der Waals surface area contributed by atoms with E-state index in [4.69, 9.17) is 10.2 Å². The van der Waals surface area contributed by atoms with Crippen molar-refractivity contribution in [3.05, 3.63) is 0 Å². The van der Waals surface area contributed by atoms with E-state index >= 15 is 0 Å². The summed E-state index contributed by atoms with van der Waals surface area (Å²) in [7, 11) is -5.11. The van der Waals surface area contributed by atoms with Crippen molar-refractivity contribution in [3.63, 3.8) is 0 Å². The molecule has 0 amide bonds. The first-order valence-electron chi connectivity index (χ1n) is 6.35. The molecule has 1 rings (SSSR count). The van der Waals surface area contributed by atoms with Gasteiger partial charge in [-0.05, 0) is 0 Å². The van der Waals surface area contributed by atoms with Crippen molar-refractivity contribution in [3.8, 4) is 0 Å². The van der Waals surface area contributed by atoms with Gasteiger partial charge >= 0.3 is 131 Å².